The third-order valence-electron chi connectivity index (χ3n) is 6.70. The number of rotatable bonds is 12. The number of anilines is 1. The van der Waals surface area contributed by atoms with Crippen LogP contribution in [0.25, 0.3) is 0 Å². The molecule has 1 aromatic heterocycles. The minimum absolute atomic E-state index is 0.0765. The molecule has 0 aliphatic carbocycles. The molecule has 1 saturated heterocycles. The van der Waals surface area contributed by atoms with Gasteiger partial charge in [0.2, 0.25) is 11.8 Å². The number of carbonyl (C=O) groups is 2. The van der Waals surface area contributed by atoms with Gasteiger partial charge in [-0.25, -0.2) is 13.8 Å². The number of aromatic nitrogens is 1. The van der Waals surface area contributed by atoms with Crippen molar-refractivity contribution in [2.24, 2.45) is 0 Å². The van der Waals surface area contributed by atoms with Gasteiger partial charge in [-0.1, -0.05) is 43.7 Å². The molecule has 0 spiro atoms. The van der Waals surface area contributed by atoms with E-state index in [-0.39, 0.29) is 23.9 Å². The van der Waals surface area contributed by atoms with Crippen molar-refractivity contribution < 1.29 is 18.4 Å². The van der Waals surface area contributed by atoms with Crippen molar-refractivity contribution in [3.05, 3.63) is 82.4 Å². The van der Waals surface area contributed by atoms with E-state index in [1.54, 1.807) is 6.20 Å². The van der Waals surface area contributed by atoms with E-state index < -0.39 is 23.6 Å². The Hall–Kier alpha value is -3.21. The van der Waals surface area contributed by atoms with Gasteiger partial charge < -0.3 is 16.0 Å². The van der Waals surface area contributed by atoms with Crippen molar-refractivity contribution in [1.29, 1.82) is 0 Å². The van der Waals surface area contributed by atoms with Crippen molar-refractivity contribution in [1.82, 2.24) is 20.5 Å². The first-order chi connectivity index (χ1) is 18.8. The average molecular weight is 556 g/mol. The largest absolute Gasteiger partial charge is 0.344 e. The van der Waals surface area contributed by atoms with Crippen molar-refractivity contribution in [3.8, 4) is 0 Å². The summed E-state index contributed by atoms with van der Waals surface area (Å²) in [6.45, 7) is 6.96. The molecule has 2 amide bonds. The fraction of sp³-hybridized carbons (Fsp3) is 0.414. The molecule has 10 heteroatoms. The zero-order valence-corrected chi connectivity index (χ0v) is 23.1. The van der Waals surface area contributed by atoms with E-state index in [0.29, 0.717) is 24.0 Å². The number of carbonyl (C=O) groups excluding carboxylic acids is 2. The van der Waals surface area contributed by atoms with Crippen LogP contribution in [0.3, 0.4) is 0 Å². The maximum atomic E-state index is 13.5. The quantitative estimate of drug-likeness (QED) is 0.299. The van der Waals surface area contributed by atoms with Gasteiger partial charge in [0.25, 0.3) is 0 Å². The molecular weight excluding hydrogens is 520 g/mol. The minimum Gasteiger partial charge on any atom is -0.344 e. The van der Waals surface area contributed by atoms with E-state index in [0.717, 1.165) is 49.1 Å². The Morgan fingerprint density at radius 3 is 2.59 bits per heavy atom. The summed E-state index contributed by atoms with van der Waals surface area (Å²) in [7, 11) is 0. The van der Waals surface area contributed by atoms with Crippen molar-refractivity contribution in [2.75, 3.05) is 18.4 Å². The maximum Gasteiger partial charge on any atom is 0.248 e. The molecule has 3 N–H and O–H groups in total. The zero-order chi connectivity index (χ0) is 27.8. The van der Waals surface area contributed by atoms with Crippen LogP contribution in [-0.2, 0) is 22.6 Å². The fourth-order valence-electron chi connectivity index (χ4n) is 4.83. The van der Waals surface area contributed by atoms with Gasteiger partial charge >= 0.3 is 0 Å². The monoisotopic (exact) mass is 555 g/mol. The maximum absolute atomic E-state index is 13.5. The summed E-state index contributed by atoms with van der Waals surface area (Å²) in [6, 6.07) is 13.1. The second-order valence-corrected chi connectivity index (χ2v) is 11.1. The van der Waals surface area contributed by atoms with Crippen LogP contribution in [0.15, 0.2) is 54.7 Å². The smallest absolute Gasteiger partial charge is 0.248 e. The number of likely N-dealkylation sites (tertiary alicyclic amines) is 1. The highest BCUT2D eigenvalue weighted by Crippen LogP contribution is 2.26. The second-order valence-electron chi connectivity index (χ2n) is 10.0. The van der Waals surface area contributed by atoms with Crippen LogP contribution >= 0.6 is 11.3 Å². The molecule has 2 heterocycles. The van der Waals surface area contributed by atoms with Gasteiger partial charge in [0.1, 0.15) is 17.7 Å². The number of amides is 2. The number of halogens is 2. The molecule has 0 saturated carbocycles. The summed E-state index contributed by atoms with van der Waals surface area (Å²) in [5.41, 5.74) is 1.52. The molecule has 0 bridgehead atoms. The van der Waals surface area contributed by atoms with Crippen LogP contribution in [0.1, 0.15) is 55.2 Å². The highest BCUT2D eigenvalue weighted by molar-refractivity contribution is 7.15. The predicted molar refractivity (Wildman–Crippen MR) is 149 cm³/mol. The normalized spacial score (nSPS) is 17.1. The van der Waals surface area contributed by atoms with Crippen molar-refractivity contribution >= 4 is 28.3 Å². The van der Waals surface area contributed by atoms with E-state index in [1.807, 2.05) is 13.0 Å². The SMILES string of the molecule is CCC[C@H](NC(=O)Cc1cc(F)cc(F)c1)C(=O)Nc1ncc(C(C)NC2CCN(Cc3ccccc3)C2)s1. The molecule has 3 atom stereocenters. The average Bonchev–Trinajstić information content (AvgIpc) is 3.53. The first-order valence-corrected chi connectivity index (χ1v) is 14.1. The third kappa shape index (κ3) is 8.64. The molecule has 7 nitrogen and oxygen atoms in total. The first kappa shape index (κ1) is 28.8. The van der Waals surface area contributed by atoms with E-state index in [9.17, 15) is 18.4 Å². The first-order valence-electron chi connectivity index (χ1n) is 13.3. The molecule has 3 aromatic rings. The summed E-state index contributed by atoms with van der Waals surface area (Å²) in [5, 5.41) is 9.65. The zero-order valence-electron chi connectivity index (χ0n) is 22.3. The Morgan fingerprint density at radius 1 is 1.13 bits per heavy atom. The van der Waals surface area contributed by atoms with E-state index in [1.165, 1.54) is 16.9 Å². The molecule has 2 unspecified atom stereocenters. The summed E-state index contributed by atoms with van der Waals surface area (Å²) < 4.78 is 26.9. The molecule has 1 fully saturated rings. The lowest BCUT2D eigenvalue weighted by Gasteiger charge is -2.20. The number of hydrogen-bond acceptors (Lipinski definition) is 6. The molecule has 2 aromatic carbocycles. The predicted octanol–water partition coefficient (Wildman–Crippen LogP) is 4.81. The lowest BCUT2D eigenvalue weighted by Crippen LogP contribution is -2.44. The highest BCUT2D eigenvalue weighted by atomic mass is 32.1. The van der Waals surface area contributed by atoms with Gasteiger partial charge in [0, 0.05) is 48.9 Å². The van der Waals surface area contributed by atoms with Crippen LogP contribution in [0.2, 0.25) is 0 Å². The van der Waals surface area contributed by atoms with Gasteiger partial charge in [-0.2, -0.15) is 0 Å². The summed E-state index contributed by atoms with van der Waals surface area (Å²) in [6.07, 6.45) is 3.70. The van der Waals surface area contributed by atoms with Crippen LogP contribution in [-0.4, -0.2) is 46.9 Å². The Labute approximate surface area is 232 Å². The van der Waals surface area contributed by atoms with Gasteiger partial charge in [0.05, 0.1) is 6.42 Å². The molecular formula is C29H35F2N5O2S. The van der Waals surface area contributed by atoms with Gasteiger partial charge in [-0.3, -0.25) is 14.5 Å². The van der Waals surface area contributed by atoms with Crippen LogP contribution < -0.4 is 16.0 Å². The van der Waals surface area contributed by atoms with Gasteiger partial charge in [-0.15, -0.1) is 11.3 Å². The number of thiazole rings is 1. The number of nitrogens with one attached hydrogen (secondary N) is 3. The summed E-state index contributed by atoms with van der Waals surface area (Å²) >= 11 is 1.40. The molecule has 4 rings (SSSR count). The molecule has 1 aliphatic heterocycles. The second kappa shape index (κ2) is 13.7. The molecule has 1 aliphatic rings. The fourth-order valence-corrected chi connectivity index (χ4v) is 5.66. The van der Waals surface area contributed by atoms with Crippen LogP contribution in [0.5, 0.6) is 0 Å². The highest BCUT2D eigenvalue weighted by Gasteiger charge is 2.25. The van der Waals surface area contributed by atoms with Crippen LogP contribution in [0, 0.1) is 11.6 Å². The van der Waals surface area contributed by atoms with Crippen molar-refractivity contribution in [2.45, 2.75) is 64.2 Å². The number of hydrogen-bond donors (Lipinski definition) is 3. The van der Waals surface area contributed by atoms with Crippen LogP contribution in [0.4, 0.5) is 13.9 Å². The Balaban J connectivity index is 1.27. The van der Waals surface area contributed by atoms with E-state index in [4.69, 9.17) is 0 Å². The minimum atomic E-state index is -0.780. The number of nitrogens with zero attached hydrogens (tertiary/aromatic N) is 2. The van der Waals surface area contributed by atoms with Crippen molar-refractivity contribution in [3.63, 3.8) is 0 Å². The summed E-state index contributed by atoms with van der Waals surface area (Å²) in [5.74, 6) is -2.35. The standard InChI is InChI=1S/C29H35F2N5O2S/c1-3-7-25(34-27(37)14-21-12-22(30)15-23(31)13-21)28(38)35-29-32-16-26(39-29)19(2)33-24-10-11-36(18-24)17-20-8-5-4-6-9-20/h4-6,8-9,12-13,15-16,19,24-25,33H,3,7,10-11,14,17-18H2,1-2H3,(H,34,37)(H,32,35,38)/t19?,24?,25-/m0/s1. The van der Waals surface area contributed by atoms with E-state index >= 15 is 0 Å². The Morgan fingerprint density at radius 2 is 1.87 bits per heavy atom. The molecule has 39 heavy (non-hydrogen) atoms. The number of benzene rings is 2. The Kier molecular flexibility index (Phi) is 10.1. The van der Waals surface area contributed by atoms with E-state index in [2.05, 4.69) is 57.0 Å². The third-order valence-corrected chi connectivity index (χ3v) is 7.80. The topological polar surface area (TPSA) is 86.4 Å². The van der Waals surface area contributed by atoms with Gasteiger partial charge in [0.15, 0.2) is 5.13 Å². The lowest BCUT2D eigenvalue weighted by molar-refractivity contribution is -0.126. The molecule has 0 radical (unpaired) electrons. The van der Waals surface area contributed by atoms with Gasteiger partial charge in [-0.05, 0) is 43.0 Å². The molecule has 208 valence electrons. The summed E-state index contributed by atoms with van der Waals surface area (Å²) in [4.78, 5) is 33.3. The lowest BCUT2D eigenvalue weighted by atomic mass is 10.1. The Bertz CT molecular complexity index is 1240.